The van der Waals surface area contributed by atoms with Crippen LogP contribution in [0, 0.1) is 0 Å². The lowest BCUT2D eigenvalue weighted by atomic mass is 10.0. The molecule has 0 bridgehead atoms. The zero-order valence-electron chi connectivity index (χ0n) is 14.3. The van der Waals surface area contributed by atoms with Crippen molar-refractivity contribution in [1.29, 1.82) is 0 Å². The third kappa shape index (κ3) is 6.50. The van der Waals surface area contributed by atoms with E-state index in [0.717, 1.165) is 38.8 Å². The molecule has 1 fully saturated rings. The summed E-state index contributed by atoms with van der Waals surface area (Å²) in [5, 5.41) is 2.68. The lowest BCUT2D eigenvalue weighted by molar-refractivity contribution is -0.119. The van der Waals surface area contributed by atoms with Crippen LogP contribution in [-0.4, -0.2) is 24.0 Å². The van der Waals surface area contributed by atoms with E-state index in [2.05, 4.69) is 41.5 Å². The molecular formula is C20H26N2O2. The Balaban J connectivity index is 0.000000292. The average molecular weight is 326 g/mol. The predicted molar refractivity (Wildman–Crippen MR) is 95.6 cm³/mol. The molecule has 0 radical (unpaired) electrons. The first-order chi connectivity index (χ1) is 11.8. The van der Waals surface area contributed by atoms with Crippen LogP contribution in [0.15, 0.2) is 54.9 Å². The minimum atomic E-state index is 0.121. The van der Waals surface area contributed by atoms with Gasteiger partial charge in [-0.05, 0) is 36.1 Å². The van der Waals surface area contributed by atoms with Gasteiger partial charge < -0.3 is 10.1 Å². The van der Waals surface area contributed by atoms with Gasteiger partial charge in [-0.3, -0.25) is 9.78 Å². The number of amides is 1. The van der Waals surface area contributed by atoms with Crippen LogP contribution in [-0.2, 0) is 16.0 Å². The maximum Gasteiger partial charge on any atom is 0.220 e. The van der Waals surface area contributed by atoms with Gasteiger partial charge in [-0.1, -0.05) is 37.3 Å². The van der Waals surface area contributed by atoms with E-state index in [9.17, 15) is 4.79 Å². The van der Waals surface area contributed by atoms with Crippen LogP contribution < -0.4 is 5.32 Å². The minimum Gasteiger partial charge on any atom is -0.373 e. The topological polar surface area (TPSA) is 51.2 Å². The van der Waals surface area contributed by atoms with Gasteiger partial charge in [0.2, 0.25) is 5.91 Å². The molecular weight excluding hydrogens is 300 g/mol. The highest BCUT2D eigenvalue weighted by Crippen LogP contribution is 2.22. The SMILES string of the molecule is CCCOC(Cc1ccccc1)c1ccncc1.O=C1CCCN1. The van der Waals surface area contributed by atoms with Crippen LogP contribution in [0.2, 0.25) is 0 Å². The van der Waals surface area contributed by atoms with E-state index in [4.69, 9.17) is 4.74 Å². The lowest BCUT2D eigenvalue weighted by Gasteiger charge is -2.18. The molecule has 1 aromatic carbocycles. The maximum atomic E-state index is 10.1. The molecule has 1 atom stereocenters. The molecule has 1 aromatic heterocycles. The lowest BCUT2D eigenvalue weighted by Crippen LogP contribution is -2.12. The molecule has 1 aliphatic rings. The van der Waals surface area contributed by atoms with Crippen molar-refractivity contribution in [1.82, 2.24) is 10.3 Å². The molecule has 0 saturated carbocycles. The second kappa shape index (κ2) is 10.6. The predicted octanol–water partition coefficient (Wildman–Crippen LogP) is 3.69. The third-order valence-electron chi connectivity index (χ3n) is 3.77. The standard InChI is InChI=1S/C16H19NO.C4H7NO/c1-2-12-18-16(15-8-10-17-11-9-15)13-14-6-4-3-5-7-14;6-4-2-1-3-5-4/h3-11,16H,2,12-13H2,1H3;1-3H2,(H,5,6). The Labute approximate surface area is 144 Å². The van der Waals surface area contributed by atoms with Gasteiger partial charge in [0.15, 0.2) is 0 Å². The van der Waals surface area contributed by atoms with Crippen molar-refractivity contribution in [3.8, 4) is 0 Å². The fourth-order valence-corrected chi connectivity index (χ4v) is 2.50. The summed E-state index contributed by atoms with van der Waals surface area (Å²) in [5.41, 5.74) is 2.50. The number of hydrogen-bond donors (Lipinski definition) is 1. The quantitative estimate of drug-likeness (QED) is 0.881. The molecule has 4 heteroatoms. The number of ether oxygens (including phenoxy) is 1. The molecule has 2 heterocycles. The molecule has 4 nitrogen and oxygen atoms in total. The van der Waals surface area contributed by atoms with Gasteiger partial charge in [0.1, 0.15) is 0 Å². The Morgan fingerprint density at radius 2 is 1.92 bits per heavy atom. The van der Waals surface area contributed by atoms with Gasteiger partial charge in [-0.2, -0.15) is 0 Å². The normalized spacial score (nSPS) is 14.5. The molecule has 24 heavy (non-hydrogen) atoms. The Kier molecular flexibility index (Phi) is 7.98. The van der Waals surface area contributed by atoms with E-state index in [1.807, 2.05) is 30.6 Å². The zero-order chi connectivity index (χ0) is 17.0. The number of pyridine rings is 1. The summed E-state index contributed by atoms with van der Waals surface area (Å²) in [6.45, 7) is 3.81. The summed E-state index contributed by atoms with van der Waals surface area (Å²) in [6.07, 6.45) is 7.47. The van der Waals surface area contributed by atoms with Crippen LogP contribution in [0.1, 0.15) is 43.4 Å². The monoisotopic (exact) mass is 326 g/mol. The van der Waals surface area contributed by atoms with E-state index in [-0.39, 0.29) is 12.0 Å². The first-order valence-electron chi connectivity index (χ1n) is 8.61. The fourth-order valence-electron chi connectivity index (χ4n) is 2.50. The summed E-state index contributed by atoms with van der Waals surface area (Å²) in [5.74, 6) is 0.204. The highest BCUT2D eigenvalue weighted by atomic mass is 16.5. The van der Waals surface area contributed by atoms with Crippen molar-refractivity contribution in [3.05, 3.63) is 66.0 Å². The minimum absolute atomic E-state index is 0.121. The summed E-state index contributed by atoms with van der Waals surface area (Å²) in [4.78, 5) is 14.2. The third-order valence-corrected chi connectivity index (χ3v) is 3.77. The van der Waals surface area contributed by atoms with E-state index in [0.29, 0.717) is 0 Å². The summed E-state index contributed by atoms with van der Waals surface area (Å²) >= 11 is 0. The highest BCUT2D eigenvalue weighted by Gasteiger charge is 2.12. The molecule has 0 aliphatic carbocycles. The van der Waals surface area contributed by atoms with Gasteiger partial charge in [0.05, 0.1) is 6.10 Å². The molecule has 1 saturated heterocycles. The van der Waals surface area contributed by atoms with Crippen LogP contribution >= 0.6 is 0 Å². The van der Waals surface area contributed by atoms with Crippen molar-refractivity contribution in [2.24, 2.45) is 0 Å². The van der Waals surface area contributed by atoms with Crippen LogP contribution in [0.3, 0.4) is 0 Å². The second-order valence-electron chi connectivity index (χ2n) is 5.78. The molecule has 3 rings (SSSR count). The summed E-state index contributed by atoms with van der Waals surface area (Å²) in [7, 11) is 0. The van der Waals surface area contributed by atoms with Crippen molar-refractivity contribution in [2.75, 3.05) is 13.2 Å². The molecule has 1 N–H and O–H groups in total. The number of rotatable bonds is 6. The number of carbonyl (C=O) groups is 1. The largest absolute Gasteiger partial charge is 0.373 e. The van der Waals surface area contributed by atoms with Gasteiger partial charge in [0.25, 0.3) is 0 Å². The summed E-state index contributed by atoms with van der Waals surface area (Å²) < 4.78 is 5.95. The second-order valence-corrected chi connectivity index (χ2v) is 5.78. The Morgan fingerprint density at radius 3 is 2.46 bits per heavy atom. The Morgan fingerprint density at radius 1 is 1.17 bits per heavy atom. The number of benzene rings is 1. The average Bonchev–Trinajstić information content (AvgIpc) is 3.12. The molecule has 1 unspecified atom stereocenters. The van der Waals surface area contributed by atoms with E-state index >= 15 is 0 Å². The first kappa shape index (κ1) is 18.1. The van der Waals surface area contributed by atoms with Gasteiger partial charge in [-0.15, -0.1) is 0 Å². The number of aromatic nitrogens is 1. The number of nitrogens with zero attached hydrogens (tertiary/aromatic N) is 1. The number of hydrogen-bond acceptors (Lipinski definition) is 3. The van der Waals surface area contributed by atoms with Crippen molar-refractivity contribution < 1.29 is 9.53 Å². The molecule has 128 valence electrons. The first-order valence-corrected chi connectivity index (χ1v) is 8.61. The van der Waals surface area contributed by atoms with E-state index < -0.39 is 0 Å². The van der Waals surface area contributed by atoms with E-state index in [1.165, 1.54) is 11.1 Å². The smallest absolute Gasteiger partial charge is 0.220 e. The van der Waals surface area contributed by atoms with Crippen LogP contribution in [0.5, 0.6) is 0 Å². The van der Waals surface area contributed by atoms with Crippen LogP contribution in [0.25, 0.3) is 0 Å². The van der Waals surface area contributed by atoms with Crippen molar-refractivity contribution in [3.63, 3.8) is 0 Å². The molecule has 0 spiro atoms. The molecule has 1 amide bonds. The van der Waals surface area contributed by atoms with E-state index in [1.54, 1.807) is 0 Å². The fraction of sp³-hybridized carbons (Fsp3) is 0.400. The van der Waals surface area contributed by atoms with Gasteiger partial charge in [-0.25, -0.2) is 0 Å². The maximum absolute atomic E-state index is 10.1. The van der Waals surface area contributed by atoms with Gasteiger partial charge >= 0.3 is 0 Å². The molecule has 1 aliphatic heterocycles. The number of nitrogens with one attached hydrogen (secondary N) is 1. The van der Waals surface area contributed by atoms with Gasteiger partial charge in [0, 0.05) is 38.4 Å². The van der Waals surface area contributed by atoms with Crippen molar-refractivity contribution in [2.45, 2.75) is 38.7 Å². The van der Waals surface area contributed by atoms with Crippen molar-refractivity contribution >= 4 is 5.91 Å². The zero-order valence-corrected chi connectivity index (χ0v) is 14.3. The summed E-state index contributed by atoms with van der Waals surface area (Å²) in [6, 6.07) is 14.5. The Hall–Kier alpha value is -2.20. The Bertz CT molecular complexity index is 579. The van der Waals surface area contributed by atoms with Crippen LogP contribution in [0.4, 0.5) is 0 Å². The number of carbonyl (C=O) groups excluding carboxylic acids is 1. The highest BCUT2D eigenvalue weighted by molar-refractivity contribution is 5.77. The molecule has 2 aromatic rings.